The number of rotatable bonds is 4. The van der Waals surface area contributed by atoms with E-state index >= 15 is 0 Å². The minimum Gasteiger partial charge on any atom is -0.394 e. The lowest BCUT2D eigenvalue weighted by Crippen LogP contribution is -2.40. The second-order valence-electron chi connectivity index (χ2n) is 5.84. The number of benzene rings is 1. The van der Waals surface area contributed by atoms with Gasteiger partial charge in [0.25, 0.3) is 5.91 Å². The van der Waals surface area contributed by atoms with Crippen molar-refractivity contribution in [2.24, 2.45) is 5.41 Å². The number of hydrogen-bond acceptors (Lipinski definition) is 2. The van der Waals surface area contributed by atoms with E-state index in [2.05, 4.69) is 5.32 Å². The van der Waals surface area contributed by atoms with Gasteiger partial charge in [-0.3, -0.25) is 4.79 Å². The summed E-state index contributed by atoms with van der Waals surface area (Å²) in [7, 11) is 0. The van der Waals surface area contributed by atoms with Crippen molar-refractivity contribution in [3.8, 4) is 0 Å². The van der Waals surface area contributed by atoms with Gasteiger partial charge in [-0.15, -0.1) is 0 Å². The molecule has 0 saturated carbocycles. The van der Waals surface area contributed by atoms with Crippen LogP contribution in [0.1, 0.15) is 37.6 Å². The van der Waals surface area contributed by atoms with Gasteiger partial charge < -0.3 is 10.4 Å². The van der Waals surface area contributed by atoms with Crippen LogP contribution in [0.15, 0.2) is 12.1 Å². The van der Waals surface area contributed by atoms with Crippen LogP contribution in [0.4, 0.5) is 0 Å². The Morgan fingerprint density at radius 2 is 1.80 bits per heavy atom. The van der Waals surface area contributed by atoms with Gasteiger partial charge in [0.1, 0.15) is 0 Å². The summed E-state index contributed by atoms with van der Waals surface area (Å²) in [6.07, 6.45) is 0.630. The van der Waals surface area contributed by atoms with Gasteiger partial charge in [0.2, 0.25) is 0 Å². The summed E-state index contributed by atoms with van der Waals surface area (Å²) >= 11 is 17.9. The van der Waals surface area contributed by atoms with E-state index in [1.54, 1.807) is 0 Å². The zero-order valence-electron chi connectivity index (χ0n) is 11.6. The molecule has 0 aromatic heterocycles. The van der Waals surface area contributed by atoms with Crippen LogP contribution in [-0.4, -0.2) is 23.7 Å². The number of halogens is 3. The van der Waals surface area contributed by atoms with Crippen molar-refractivity contribution in [2.75, 3.05) is 6.61 Å². The molecule has 0 radical (unpaired) electrons. The quantitative estimate of drug-likeness (QED) is 0.809. The van der Waals surface area contributed by atoms with Crippen LogP contribution in [0, 0.1) is 5.41 Å². The van der Waals surface area contributed by atoms with Gasteiger partial charge in [-0.1, -0.05) is 55.6 Å². The molecule has 0 bridgehead atoms. The van der Waals surface area contributed by atoms with Crippen molar-refractivity contribution >= 4 is 40.7 Å². The molecule has 1 aromatic rings. The first-order chi connectivity index (χ1) is 9.15. The normalized spacial score (nSPS) is 13.2. The molecule has 2 N–H and O–H groups in total. The zero-order valence-corrected chi connectivity index (χ0v) is 13.9. The van der Waals surface area contributed by atoms with E-state index in [-0.39, 0.29) is 38.7 Å². The second kappa shape index (κ2) is 6.99. The minimum atomic E-state index is -0.439. The van der Waals surface area contributed by atoms with Crippen molar-refractivity contribution in [3.05, 3.63) is 32.8 Å². The highest BCUT2D eigenvalue weighted by molar-refractivity contribution is 6.46. The average Bonchev–Trinajstić information content (AvgIpc) is 2.32. The first kappa shape index (κ1) is 17.6. The first-order valence-corrected chi connectivity index (χ1v) is 7.34. The maximum absolute atomic E-state index is 12.2. The van der Waals surface area contributed by atoms with Crippen LogP contribution in [0.2, 0.25) is 15.1 Å². The van der Waals surface area contributed by atoms with Gasteiger partial charge in [-0.05, 0) is 24.0 Å². The van der Waals surface area contributed by atoms with Gasteiger partial charge in [0.15, 0.2) is 0 Å². The molecule has 0 heterocycles. The van der Waals surface area contributed by atoms with E-state index in [0.29, 0.717) is 6.42 Å². The highest BCUT2D eigenvalue weighted by atomic mass is 35.5. The lowest BCUT2D eigenvalue weighted by atomic mass is 9.88. The fraction of sp³-hybridized carbons (Fsp3) is 0.500. The van der Waals surface area contributed by atoms with Crippen molar-refractivity contribution < 1.29 is 9.90 Å². The third-order valence-electron chi connectivity index (χ3n) is 2.69. The van der Waals surface area contributed by atoms with Crippen molar-refractivity contribution in [3.63, 3.8) is 0 Å². The largest absolute Gasteiger partial charge is 0.394 e. The molecule has 1 aromatic carbocycles. The zero-order chi connectivity index (χ0) is 15.5. The van der Waals surface area contributed by atoms with Crippen molar-refractivity contribution in [1.82, 2.24) is 5.32 Å². The highest BCUT2D eigenvalue weighted by Gasteiger charge is 2.23. The standard InChI is InChI=1S/C14H18Cl3NO2/c1-14(2,3)6-8(7-19)18-13(20)11-9(15)4-5-10(16)12(11)17/h4-5,8,19H,6-7H2,1-3H3,(H,18,20). The molecule has 20 heavy (non-hydrogen) atoms. The summed E-state index contributed by atoms with van der Waals surface area (Å²) in [5, 5.41) is 12.7. The molecule has 0 fully saturated rings. The minimum absolute atomic E-state index is 0.0252. The molecule has 0 spiro atoms. The Morgan fingerprint density at radius 3 is 2.30 bits per heavy atom. The number of aliphatic hydroxyl groups is 1. The average molecular weight is 339 g/mol. The maximum Gasteiger partial charge on any atom is 0.254 e. The third kappa shape index (κ3) is 4.81. The summed E-state index contributed by atoms with van der Waals surface area (Å²) in [4.78, 5) is 12.2. The monoisotopic (exact) mass is 337 g/mol. The molecule has 0 aliphatic rings. The fourth-order valence-electron chi connectivity index (χ4n) is 1.89. The molecule has 0 aliphatic carbocycles. The smallest absolute Gasteiger partial charge is 0.254 e. The van der Waals surface area contributed by atoms with Crippen LogP contribution >= 0.6 is 34.8 Å². The predicted octanol–water partition coefficient (Wildman–Crippen LogP) is 4.17. The highest BCUT2D eigenvalue weighted by Crippen LogP contribution is 2.31. The van der Waals surface area contributed by atoms with Crippen LogP contribution < -0.4 is 5.32 Å². The Bertz CT molecular complexity index is 498. The number of carbonyl (C=O) groups is 1. The lowest BCUT2D eigenvalue weighted by molar-refractivity contribution is 0.0898. The van der Waals surface area contributed by atoms with E-state index < -0.39 is 5.91 Å². The third-order valence-corrected chi connectivity index (χ3v) is 3.80. The molecule has 1 rings (SSSR count). The molecule has 6 heteroatoms. The fourth-order valence-corrected chi connectivity index (χ4v) is 2.59. The van der Waals surface area contributed by atoms with Crippen LogP contribution in [0.3, 0.4) is 0 Å². The number of amides is 1. The predicted molar refractivity (Wildman–Crippen MR) is 83.9 cm³/mol. The number of nitrogens with one attached hydrogen (secondary N) is 1. The second-order valence-corrected chi connectivity index (χ2v) is 7.03. The van der Waals surface area contributed by atoms with Gasteiger partial charge in [-0.25, -0.2) is 0 Å². The van der Waals surface area contributed by atoms with E-state index in [0.717, 1.165) is 0 Å². The summed E-state index contributed by atoms with van der Waals surface area (Å²) < 4.78 is 0. The summed E-state index contributed by atoms with van der Waals surface area (Å²) in [6.45, 7) is 5.93. The Morgan fingerprint density at radius 1 is 1.25 bits per heavy atom. The van der Waals surface area contributed by atoms with Gasteiger partial charge >= 0.3 is 0 Å². The van der Waals surface area contributed by atoms with E-state index in [1.165, 1.54) is 12.1 Å². The van der Waals surface area contributed by atoms with E-state index in [9.17, 15) is 9.90 Å². The molecule has 0 aliphatic heterocycles. The number of carbonyl (C=O) groups excluding carboxylic acids is 1. The Kier molecular flexibility index (Phi) is 6.14. The topological polar surface area (TPSA) is 49.3 Å². The molecule has 0 saturated heterocycles. The Balaban J connectivity index is 2.93. The summed E-state index contributed by atoms with van der Waals surface area (Å²) in [6, 6.07) is 2.68. The van der Waals surface area contributed by atoms with Crippen molar-refractivity contribution in [1.29, 1.82) is 0 Å². The first-order valence-electron chi connectivity index (χ1n) is 6.21. The van der Waals surface area contributed by atoms with Gasteiger partial charge in [0, 0.05) is 0 Å². The molecule has 1 atom stereocenters. The molecule has 3 nitrogen and oxygen atoms in total. The molecule has 1 unspecified atom stereocenters. The van der Waals surface area contributed by atoms with Crippen LogP contribution in [0.5, 0.6) is 0 Å². The van der Waals surface area contributed by atoms with Crippen LogP contribution in [0.25, 0.3) is 0 Å². The van der Waals surface area contributed by atoms with Gasteiger partial charge in [0.05, 0.1) is 33.3 Å². The Hall–Kier alpha value is -0.480. The maximum atomic E-state index is 12.2. The van der Waals surface area contributed by atoms with Crippen LogP contribution in [-0.2, 0) is 0 Å². The molecule has 1 amide bonds. The number of aliphatic hydroxyl groups excluding tert-OH is 1. The molecular formula is C14H18Cl3NO2. The van der Waals surface area contributed by atoms with E-state index in [4.69, 9.17) is 34.8 Å². The van der Waals surface area contributed by atoms with Crippen molar-refractivity contribution in [2.45, 2.75) is 33.2 Å². The van der Waals surface area contributed by atoms with E-state index in [1.807, 2.05) is 20.8 Å². The molecular weight excluding hydrogens is 321 g/mol. The lowest BCUT2D eigenvalue weighted by Gasteiger charge is -2.25. The molecule has 112 valence electrons. The Labute approximate surface area is 134 Å². The SMILES string of the molecule is CC(C)(C)CC(CO)NC(=O)c1c(Cl)ccc(Cl)c1Cl. The summed E-state index contributed by atoms with van der Waals surface area (Å²) in [5.41, 5.74) is 0.107. The number of hydrogen-bond donors (Lipinski definition) is 2. The summed E-state index contributed by atoms with van der Waals surface area (Å²) in [5.74, 6) is -0.439. The van der Waals surface area contributed by atoms with Gasteiger partial charge in [-0.2, -0.15) is 0 Å².